The van der Waals surface area contributed by atoms with Crippen LogP contribution in [0.3, 0.4) is 0 Å². The minimum absolute atomic E-state index is 0.446. The Bertz CT molecular complexity index is 152. The Balaban J connectivity index is 2.83. The van der Waals surface area contributed by atoms with Gasteiger partial charge in [0.25, 0.3) is 0 Å². The van der Waals surface area contributed by atoms with Gasteiger partial charge in [0.1, 0.15) is 0 Å². The van der Waals surface area contributed by atoms with Crippen molar-refractivity contribution in [3.63, 3.8) is 0 Å². The van der Waals surface area contributed by atoms with Crippen LogP contribution in [0.4, 0.5) is 0 Å². The Morgan fingerprint density at radius 3 is 2.38 bits per heavy atom. The summed E-state index contributed by atoms with van der Waals surface area (Å²) in [4.78, 5) is 8.03. The molecule has 0 unspecified atom stereocenters. The van der Waals surface area contributed by atoms with Crippen molar-refractivity contribution in [1.29, 1.82) is 0 Å². The predicted molar refractivity (Wildman–Crippen MR) is 33.3 cm³/mol. The van der Waals surface area contributed by atoms with Crippen molar-refractivity contribution in [2.75, 3.05) is 0 Å². The van der Waals surface area contributed by atoms with Crippen molar-refractivity contribution < 1.29 is 0 Å². The quantitative estimate of drug-likeness (QED) is 0.552. The Kier molecular flexibility index (Phi) is 2.00. The van der Waals surface area contributed by atoms with Crippen molar-refractivity contribution in [1.82, 2.24) is 9.97 Å². The predicted octanol–water partition coefficient (Wildman–Crippen LogP) is -0.146. The van der Waals surface area contributed by atoms with Gasteiger partial charge in [0.2, 0.25) is 0 Å². The monoisotopic (exact) mass is 174 g/mol. The molecule has 0 amide bonds. The molecule has 1 aromatic heterocycles. The molecule has 0 saturated heterocycles. The molecule has 42 valence electrons. The van der Waals surface area contributed by atoms with Gasteiger partial charge in [-0.05, 0) is 0 Å². The number of nitrogens with zero attached hydrogens (tertiary/aromatic N) is 2. The molecule has 0 bridgehead atoms. The Morgan fingerprint density at radius 2 is 2.00 bits per heavy atom. The normalized spacial score (nSPS) is 9.12. The van der Waals surface area contributed by atoms with Crippen molar-refractivity contribution in [3.8, 4) is 0 Å². The fraction of sp³-hybridized carbons (Fsp3) is 0.200. The molecule has 0 aliphatic carbocycles. The van der Waals surface area contributed by atoms with E-state index in [9.17, 15) is 0 Å². The van der Waals surface area contributed by atoms with E-state index in [2.05, 4.69) is 15.8 Å². The first kappa shape index (κ1) is 5.73. The molecular weight excluding hydrogens is 167 g/mol. The Labute approximate surface area is 54.5 Å². The van der Waals surface area contributed by atoms with E-state index in [1.54, 1.807) is 12.4 Å². The molecule has 1 rings (SSSR count). The van der Waals surface area contributed by atoms with Gasteiger partial charge in [-0.2, -0.15) is 0 Å². The average Bonchev–Trinajstić information content (AvgIpc) is 1.90. The third-order valence-corrected chi connectivity index (χ3v) is 1.93. The second-order valence-corrected chi connectivity index (χ2v) is 2.86. The molecule has 0 saturated carbocycles. The van der Waals surface area contributed by atoms with E-state index < -0.39 is 0 Å². The van der Waals surface area contributed by atoms with Gasteiger partial charge < -0.3 is 0 Å². The van der Waals surface area contributed by atoms with E-state index in [0.717, 1.165) is 4.72 Å². The van der Waals surface area contributed by atoms with Crippen LogP contribution in [0.5, 0.6) is 0 Å². The van der Waals surface area contributed by atoms with Crippen molar-refractivity contribution >= 4 is 19.7 Å². The number of rotatable bonds is 1. The van der Waals surface area contributed by atoms with Gasteiger partial charge in [-0.3, -0.25) is 0 Å². The maximum absolute atomic E-state index is 4.01. The fourth-order valence-corrected chi connectivity index (χ4v) is 1.09. The zero-order valence-corrected chi connectivity index (χ0v) is 6.25. The van der Waals surface area contributed by atoms with Crippen LogP contribution in [0, 0.1) is 0 Å². The fourth-order valence-electron chi connectivity index (χ4n) is 0.391. The summed E-state index contributed by atoms with van der Waals surface area (Å²) in [6.45, 7) is 0. The topological polar surface area (TPSA) is 25.8 Å². The third kappa shape index (κ3) is 1.29. The van der Waals surface area contributed by atoms with Crippen molar-refractivity contribution in [2.45, 2.75) is 5.82 Å². The zero-order valence-electron chi connectivity index (χ0n) is 4.53. The van der Waals surface area contributed by atoms with E-state index in [1.807, 2.05) is 6.07 Å². The molecule has 0 radical (unpaired) electrons. The number of hydrogen-bond donors (Lipinski definition) is 0. The molecule has 0 aliphatic heterocycles. The Hall–Kier alpha value is -0.401. The number of hydrogen-bond acceptors (Lipinski definition) is 2. The third-order valence-electron chi connectivity index (χ3n) is 0.725. The van der Waals surface area contributed by atoms with Gasteiger partial charge in [0.15, 0.2) is 0 Å². The van der Waals surface area contributed by atoms with Crippen LogP contribution in [-0.2, 0) is 0 Å². The molecule has 0 atom stereocenters. The van der Waals surface area contributed by atoms with Crippen molar-refractivity contribution in [2.24, 2.45) is 0 Å². The minimum atomic E-state index is 0.446. The van der Waals surface area contributed by atoms with Crippen LogP contribution in [0.1, 0.15) is 0 Å². The van der Waals surface area contributed by atoms with Gasteiger partial charge in [-0.15, -0.1) is 0 Å². The zero-order chi connectivity index (χ0) is 5.82. The molecule has 1 heterocycles. The standard InChI is InChI=1S/C5H6N2Se/c1-8-5-6-3-2-4-7-5/h2-4H,1H3. The van der Waals surface area contributed by atoms with E-state index in [0.29, 0.717) is 15.0 Å². The molecule has 0 aromatic carbocycles. The van der Waals surface area contributed by atoms with Crippen LogP contribution in [0.2, 0.25) is 5.82 Å². The van der Waals surface area contributed by atoms with Gasteiger partial charge in [-0.1, -0.05) is 0 Å². The SMILES string of the molecule is C[Se]c1ncccn1. The van der Waals surface area contributed by atoms with Gasteiger partial charge in [0, 0.05) is 0 Å². The molecular formula is C5H6N2Se. The van der Waals surface area contributed by atoms with E-state index in [1.165, 1.54) is 0 Å². The second kappa shape index (κ2) is 2.80. The van der Waals surface area contributed by atoms with Crippen LogP contribution in [-0.4, -0.2) is 24.9 Å². The second-order valence-electron chi connectivity index (χ2n) is 1.24. The summed E-state index contributed by atoms with van der Waals surface area (Å²) < 4.78 is 0.972. The van der Waals surface area contributed by atoms with Crippen molar-refractivity contribution in [3.05, 3.63) is 18.5 Å². The molecule has 0 fully saturated rings. The summed E-state index contributed by atoms with van der Waals surface area (Å²) >= 11 is 0.446. The summed E-state index contributed by atoms with van der Waals surface area (Å²) in [5, 5.41) is 0. The summed E-state index contributed by atoms with van der Waals surface area (Å²) in [5.74, 6) is 2.10. The average molecular weight is 173 g/mol. The molecule has 0 spiro atoms. The number of aromatic nitrogens is 2. The van der Waals surface area contributed by atoms with Crippen LogP contribution < -0.4 is 4.72 Å². The first-order chi connectivity index (χ1) is 3.93. The first-order valence-electron chi connectivity index (χ1n) is 2.24. The van der Waals surface area contributed by atoms with E-state index in [-0.39, 0.29) is 0 Å². The van der Waals surface area contributed by atoms with Gasteiger partial charge >= 0.3 is 53.9 Å². The van der Waals surface area contributed by atoms with Crippen LogP contribution in [0.15, 0.2) is 18.5 Å². The molecule has 0 N–H and O–H groups in total. The van der Waals surface area contributed by atoms with E-state index in [4.69, 9.17) is 0 Å². The summed E-state index contributed by atoms with van der Waals surface area (Å²) in [6.07, 6.45) is 3.54. The van der Waals surface area contributed by atoms with Crippen LogP contribution in [0.25, 0.3) is 0 Å². The molecule has 8 heavy (non-hydrogen) atoms. The molecule has 1 aromatic rings. The summed E-state index contributed by atoms with van der Waals surface area (Å²) in [5.41, 5.74) is 0. The Morgan fingerprint density at radius 1 is 1.38 bits per heavy atom. The molecule has 2 nitrogen and oxygen atoms in total. The van der Waals surface area contributed by atoms with Gasteiger partial charge in [-0.25, -0.2) is 0 Å². The maximum atomic E-state index is 4.01. The molecule has 3 heteroatoms. The van der Waals surface area contributed by atoms with Gasteiger partial charge in [0.05, 0.1) is 0 Å². The first-order valence-corrected chi connectivity index (χ1v) is 4.81. The van der Waals surface area contributed by atoms with Crippen LogP contribution >= 0.6 is 0 Å². The summed E-state index contributed by atoms with van der Waals surface area (Å²) in [6, 6.07) is 1.83. The molecule has 0 aliphatic rings. The summed E-state index contributed by atoms with van der Waals surface area (Å²) in [7, 11) is 0. The van der Waals surface area contributed by atoms with E-state index >= 15 is 0 Å².